The molecule has 0 spiro atoms. The van der Waals surface area contributed by atoms with Crippen LogP contribution in [0.4, 0.5) is 0 Å². The Morgan fingerprint density at radius 1 is 1.12 bits per heavy atom. The van der Waals surface area contributed by atoms with Crippen molar-refractivity contribution in [3.8, 4) is 17.1 Å². The zero-order valence-electron chi connectivity index (χ0n) is 19.2. The van der Waals surface area contributed by atoms with Crippen LogP contribution in [0.5, 0.6) is 5.75 Å². The first-order valence-corrected chi connectivity index (χ1v) is 11.8. The number of methoxy groups -OCH3 is 1. The third-order valence-corrected chi connectivity index (χ3v) is 6.51. The third-order valence-electron chi connectivity index (χ3n) is 6.19. The molecule has 2 N–H and O–H groups in total. The second-order valence-electron chi connectivity index (χ2n) is 8.49. The Bertz CT molecular complexity index is 1110. The Balaban J connectivity index is 1.47. The molecule has 0 aliphatic carbocycles. The lowest BCUT2D eigenvalue weighted by Crippen LogP contribution is -2.41. The average Bonchev–Trinajstić information content (AvgIpc) is 3.20. The number of ether oxygens (including phenoxy) is 1. The molecule has 2 heterocycles. The summed E-state index contributed by atoms with van der Waals surface area (Å²) in [7, 11) is 1.67. The van der Waals surface area contributed by atoms with E-state index < -0.39 is 0 Å². The minimum Gasteiger partial charge on any atom is -0.497 e. The number of carbonyl (C=O) groups is 1. The molecule has 4 rings (SSSR count). The Labute approximate surface area is 199 Å². The topological polar surface area (TPSA) is 75.2 Å². The van der Waals surface area contributed by atoms with Crippen molar-refractivity contribution in [1.82, 2.24) is 25.0 Å². The lowest BCUT2D eigenvalue weighted by atomic mass is 10.0. The quantitative estimate of drug-likeness (QED) is 0.486. The maximum atomic E-state index is 13.0. The van der Waals surface area contributed by atoms with Crippen LogP contribution in [0.2, 0.25) is 0 Å². The van der Waals surface area contributed by atoms with Gasteiger partial charge in [0.25, 0.3) is 0 Å². The Morgan fingerprint density at radius 2 is 1.82 bits per heavy atom. The van der Waals surface area contributed by atoms with E-state index in [4.69, 9.17) is 17.0 Å². The molecule has 1 unspecified atom stereocenters. The molecule has 3 aromatic rings. The first-order valence-electron chi connectivity index (χ1n) is 11.4. The smallest absolute Gasteiger partial charge is 0.240 e. The highest BCUT2D eigenvalue weighted by atomic mass is 32.1. The number of benzene rings is 2. The van der Waals surface area contributed by atoms with Gasteiger partial charge in [-0.3, -0.25) is 19.4 Å². The van der Waals surface area contributed by atoms with Gasteiger partial charge < -0.3 is 10.1 Å². The maximum Gasteiger partial charge on any atom is 0.240 e. The Hall–Kier alpha value is -2.97. The highest BCUT2D eigenvalue weighted by molar-refractivity contribution is 7.71. The van der Waals surface area contributed by atoms with Crippen LogP contribution in [-0.2, 0) is 11.3 Å². The van der Waals surface area contributed by atoms with Gasteiger partial charge in [0.05, 0.1) is 13.2 Å². The van der Waals surface area contributed by atoms with E-state index in [2.05, 4.69) is 32.5 Å². The number of nitrogens with zero attached hydrogens (tertiary/aromatic N) is 3. The largest absolute Gasteiger partial charge is 0.497 e. The minimum absolute atomic E-state index is 0.0867. The minimum atomic E-state index is -0.0867. The first kappa shape index (κ1) is 23.2. The van der Waals surface area contributed by atoms with Gasteiger partial charge in [-0.25, -0.2) is 0 Å². The summed E-state index contributed by atoms with van der Waals surface area (Å²) in [6.07, 6.45) is 3.63. The molecule has 33 heavy (non-hydrogen) atoms. The summed E-state index contributed by atoms with van der Waals surface area (Å²) >= 11 is 5.40. The van der Waals surface area contributed by atoms with E-state index in [0.717, 1.165) is 24.4 Å². The van der Waals surface area contributed by atoms with E-state index in [9.17, 15) is 4.79 Å². The third kappa shape index (κ3) is 5.69. The molecular formula is C25H31N5O2S. The summed E-state index contributed by atoms with van der Waals surface area (Å²) in [6.45, 7) is 4.77. The average molecular weight is 466 g/mol. The summed E-state index contributed by atoms with van der Waals surface area (Å²) in [4.78, 5) is 15.4. The number of hydrogen-bond acceptors (Lipinski definition) is 5. The molecule has 7 nitrogen and oxygen atoms in total. The van der Waals surface area contributed by atoms with Crippen LogP contribution in [0, 0.1) is 11.7 Å². The molecule has 174 valence electrons. The van der Waals surface area contributed by atoms with Crippen molar-refractivity contribution in [1.29, 1.82) is 0 Å². The summed E-state index contributed by atoms with van der Waals surface area (Å²) in [5, 5.41) is 10.3. The molecule has 1 aliphatic heterocycles. The molecule has 0 bridgehead atoms. The molecule has 1 saturated heterocycles. The Morgan fingerprint density at radius 3 is 2.48 bits per heavy atom. The van der Waals surface area contributed by atoms with E-state index in [0.29, 0.717) is 17.1 Å². The predicted octanol–water partition coefficient (Wildman–Crippen LogP) is 4.27. The molecule has 1 atom stereocenters. The molecular weight excluding hydrogens is 434 g/mol. The van der Waals surface area contributed by atoms with E-state index in [1.54, 1.807) is 11.7 Å². The van der Waals surface area contributed by atoms with Crippen molar-refractivity contribution >= 4 is 18.1 Å². The van der Waals surface area contributed by atoms with Crippen LogP contribution in [0.1, 0.15) is 36.4 Å². The van der Waals surface area contributed by atoms with Crippen LogP contribution >= 0.6 is 12.2 Å². The number of amides is 1. The van der Waals surface area contributed by atoms with Gasteiger partial charge in [0.1, 0.15) is 12.3 Å². The van der Waals surface area contributed by atoms with Crippen molar-refractivity contribution in [2.45, 2.75) is 38.8 Å². The normalized spacial score (nSPS) is 15.2. The fourth-order valence-corrected chi connectivity index (χ4v) is 4.51. The fourth-order valence-electron chi connectivity index (χ4n) is 4.31. The van der Waals surface area contributed by atoms with E-state index in [1.807, 2.05) is 43.3 Å². The van der Waals surface area contributed by atoms with Gasteiger partial charge in [0, 0.05) is 12.1 Å². The number of aromatic amines is 1. The first-order chi connectivity index (χ1) is 16.0. The predicted molar refractivity (Wildman–Crippen MR) is 132 cm³/mol. The number of aromatic nitrogens is 3. The van der Waals surface area contributed by atoms with Gasteiger partial charge in [-0.15, -0.1) is 0 Å². The Kier molecular flexibility index (Phi) is 7.57. The molecule has 1 amide bonds. The number of likely N-dealkylation sites (tertiary alicyclic amines) is 1. The summed E-state index contributed by atoms with van der Waals surface area (Å²) in [5.74, 6) is 1.41. The van der Waals surface area contributed by atoms with Gasteiger partial charge in [-0.2, -0.15) is 5.10 Å². The second-order valence-corrected chi connectivity index (χ2v) is 8.88. The number of carbonyl (C=O) groups excluding carboxylic acids is 1. The SMILES string of the molecule is COc1ccc(C(CNC(=O)Cn2c(-c3ccc(C)cc3)n[nH]c2=S)N2CCCCC2)cc1. The van der Waals surface area contributed by atoms with Crippen molar-refractivity contribution in [2.75, 3.05) is 26.7 Å². The second kappa shape index (κ2) is 10.8. The molecule has 0 saturated carbocycles. The van der Waals surface area contributed by atoms with Gasteiger partial charge in [0.15, 0.2) is 10.6 Å². The highest BCUT2D eigenvalue weighted by Crippen LogP contribution is 2.26. The fraction of sp³-hybridized carbons (Fsp3) is 0.400. The van der Waals surface area contributed by atoms with E-state index >= 15 is 0 Å². The van der Waals surface area contributed by atoms with Gasteiger partial charge in [-0.1, -0.05) is 48.4 Å². The molecule has 1 aliphatic rings. The van der Waals surface area contributed by atoms with Crippen molar-refractivity contribution < 1.29 is 9.53 Å². The number of aryl methyl sites for hydroxylation is 1. The molecule has 1 fully saturated rings. The summed E-state index contributed by atoms with van der Waals surface area (Å²) in [6, 6.07) is 16.3. The highest BCUT2D eigenvalue weighted by Gasteiger charge is 2.23. The molecule has 0 radical (unpaired) electrons. The number of piperidine rings is 1. The van der Waals surface area contributed by atoms with Crippen LogP contribution in [0.3, 0.4) is 0 Å². The lowest BCUT2D eigenvalue weighted by Gasteiger charge is -2.35. The lowest BCUT2D eigenvalue weighted by molar-refractivity contribution is -0.122. The standard InChI is InChI=1S/C25H31N5O2S/c1-18-6-8-20(9-7-18)24-27-28-25(33)30(24)17-23(31)26-16-22(29-14-4-3-5-15-29)19-10-12-21(32-2)13-11-19/h6-13,22H,3-5,14-17H2,1-2H3,(H,26,31)(H,28,33). The van der Waals surface area contributed by atoms with E-state index in [1.165, 1.54) is 30.4 Å². The maximum absolute atomic E-state index is 13.0. The number of H-pyrrole nitrogens is 1. The van der Waals surface area contributed by atoms with Crippen molar-refractivity contribution in [2.24, 2.45) is 0 Å². The number of rotatable bonds is 8. The van der Waals surface area contributed by atoms with Crippen LogP contribution in [-0.4, -0.2) is 52.3 Å². The number of nitrogens with one attached hydrogen (secondary N) is 2. The molecule has 8 heteroatoms. The zero-order chi connectivity index (χ0) is 23.2. The summed E-state index contributed by atoms with van der Waals surface area (Å²) in [5.41, 5.74) is 3.27. The van der Waals surface area contributed by atoms with Crippen molar-refractivity contribution in [3.63, 3.8) is 0 Å². The monoisotopic (exact) mass is 465 g/mol. The summed E-state index contributed by atoms with van der Waals surface area (Å²) < 4.78 is 7.49. The van der Waals surface area contributed by atoms with Crippen LogP contribution in [0.25, 0.3) is 11.4 Å². The van der Waals surface area contributed by atoms with Crippen molar-refractivity contribution in [3.05, 3.63) is 64.4 Å². The van der Waals surface area contributed by atoms with E-state index in [-0.39, 0.29) is 18.5 Å². The van der Waals surface area contributed by atoms with Crippen LogP contribution < -0.4 is 10.1 Å². The number of hydrogen-bond donors (Lipinski definition) is 2. The molecule has 1 aromatic heterocycles. The van der Waals surface area contributed by atoms with Gasteiger partial charge >= 0.3 is 0 Å². The van der Waals surface area contributed by atoms with Gasteiger partial charge in [0.2, 0.25) is 5.91 Å². The van der Waals surface area contributed by atoms with Crippen LogP contribution in [0.15, 0.2) is 48.5 Å². The molecule has 2 aromatic carbocycles. The van der Waals surface area contributed by atoms with Gasteiger partial charge in [-0.05, 0) is 62.8 Å². The zero-order valence-corrected chi connectivity index (χ0v) is 20.0.